The third-order valence-electron chi connectivity index (χ3n) is 5.30. The van der Waals surface area contributed by atoms with E-state index in [1.807, 2.05) is 42.5 Å². The number of hydrogen-bond acceptors (Lipinski definition) is 2. The fourth-order valence-electron chi connectivity index (χ4n) is 3.85. The molecule has 3 aromatic rings. The van der Waals surface area contributed by atoms with Crippen LogP contribution in [0.1, 0.15) is 39.0 Å². The monoisotopic (exact) mass is 438 g/mol. The largest absolute Gasteiger partial charge is 0.355 e. The molecule has 30 heavy (non-hydrogen) atoms. The van der Waals surface area contributed by atoms with Crippen molar-refractivity contribution in [2.75, 3.05) is 6.54 Å². The first-order valence-electron chi connectivity index (χ1n) is 9.71. The molecular formula is C24H20Cl2N2O2. The lowest BCUT2D eigenvalue weighted by atomic mass is 9.80. The van der Waals surface area contributed by atoms with Gasteiger partial charge >= 0.3 is 0 Å². The summed E-state index contributed by atoms with van der Waals surface area (Å²) < 4.78 is 0. The number of fused-ring (bicyclic) bond motifs is 1. The molecule has 2 atom stereocenters. The smallest absolute Gasteiger partial charge is 0.252 e. The van der Waals surface area contributed by atoms with E-state index in [1.54, 1.807) is 30.3 Å². The SMILES string of the molecule is O=C1NC(c2ccc(Cl)cc2Cl)C(C(=O)NCCc2ccccc2)c2ccccc21. The van der Waals surface area contributed by atoms with Crippen molar-refractivity contribution >= 4 is 35.0 Å². The van der Waals surface area contributed by atoms with Gasteiger partial charge in [0.2, 0.25) is 5.91 Å². The van der Waals surface area contributed by atoms with Crippen LogP contribution in [0.25, 0.3) is 0 Å². The summed E-state index contributed by atoms with van der Waals surface area (Å²) in [6.45, 7) is 0.497. The highest BCUT2D eigenvalue weighted by molar-refractivity contribution is 6.35. The van der Waals surface area contributed by atoms with Crippen molar-refractivity contribution in [1.29, 1.82) is 0 Å². The minimum absolute atomic E-state index is 0.158. The van der Waals surface area contributed by atoms with Gasteiger partial charge in [0.15, 0.2) is 0 Å². The van der Waals surface area contributed by atoms with Crippen molar-refractivity contribution in [2.24, 2.45) is 0 Å². The zero-order valence-electron chi connectivity index (χ0n) is 16.1. The number of hydrogen-bond donors (Lipinski definition) is 2. The van der Waals surface area contributed by atoms with E-state index in [-0.39, 0.29) is 11.8 Å². The molecule has 1 aliphatic heterocycles. The van der Waals surface area contributed by atoms with Gasteiger partial charge in [0.1, 0.15) is 0 Å². The molecule has 4 rings (SSSR count). The third kappa shape index (κ3) is 4.20. The quantitative estimate of drug-likeness (QED) is 0.593. The maximum atomic E-state index is 13.3. The van der Waals surface area contributed by atoms with E-state index >= 15 is 0 Å². The van der Waals surface area contributed by atoms with Gasteiger partial charge in [-0.2, -0.15) is 0 Å². The van der Waals surface area contributed by atoms with Crippen LogP contribution in [0.5, 0.6) is 0 Å². The van der Waals surface area contributed by atoms with Gasteiger partial charge in [-0.3, -0.25) is 9.59 Å². The van der Waals surface area contributed by atoms with Crippen LogP contribution in [0.4, 0.5) is 0 Å². The molecule has 1 aliphatic rings. The fourth-order valence-corrected chi connectivity index (χ4v) is 4.37. The molecule has 1 heterocycles. The van der Waals surface area contributed by atoms with Gasteiger partial charge in [-0.1, -0.05) is 77.8 Å². The molecule has 2 N–H and O–H groups in total. The van der Waals surface area contributed by atoms with Gasteiger partial charge in [-0.05, 0) is 41.3 Å². The van der Waals surface area contributed by atoms with Crippen LogP contribution in [-0.4, -0.2) is 18.4 Å². The number of carbonyl (C=O) groups excluding carboxylic acids is 2. The molecule has 0 bridgehead atoms. The molecule has 2 unspecified atom stereocenters. The summed E-state index contributed by atoms with van der Waals surface area (Å²) in [6, 6.07) is 21.6. The lowest BCUT2D eigenvalue weighted by Gasteiger charge is -2.34. The normalized spacial score (nSPS) is 17.7. The number of halogens is 2. The van der Waals surface area contributed by atoms with Crippen LogP contribution >= 0.6 is 23.2 Å². The Morgan fingerprint density at radius 1 is 0.933 bits per heavy atom. The highest BCUT2D eigenvalue weighted by atomic mass is 35.5. The van der Waals surface area contributed by atoms with Gasteiger partial charge in [-0.25, -0.2) is 0 Å². The van der Waals surface area contributed by atoms with Crippen LogP contribution in [-0.2, 0) is 11.2 Å². The van der Waals surface area contributed by atoms with Gasteiger partial charge in [0.25, 0.3) is 5.91 Å². The first-order valence-corrected chi connectivity index (χ1v) is 10.5. The molecule has 4 nitrogen and oxygen atoms in total. The number of amides is 2. The summed E-state index contributed by atoms with van der Waals surface area (Å²) in [5, 5.41) is 6.90. The number of benzene rings is 3. The molecule has 0 saturated heterocycles. The summed E-state index contributed by atoms with van der Waals surface area (Å²) in [5.41, 5.74) is 3.00. The van der Waals surface area contributed by atoms with Gasteiger partial charge < -0.3 is 10.6 Å². The Bertz CT molecular complexity index is 1090. The molecule has 0 aromatic heterocycles. The van der Waals surface area contributed by atoms with Crippen LogP contribution in [0, 0.1) is 0 Å². The van der Waals surface area contributed by atoms with Gasteiger partial charge in [-0.15, -0.1) is 0 Å². The number of carbonyl (C=O) groups is 2. The molecule has 6 heteroatoms. The molecule has 3 aromatic carbocycles. The van der Waals surface area contributed by atoms with Crippen LogP contribution in [0.15, 0.2) is 72.8 Å². The predicted octanol–water partition coefficient (Wildman–Crippen LogP) is 4.92. The molecule has 0 fully saturated rings. The Morgan fingerprint density at radius 2 is 1.67 bits per heavy atom. The third-order valence-corrected chi connectivity index (χ3v) is 5.86. The van der Waals surface area contributed by atoms with Crippen molar-refractivity contribution in [3.05, 3.63) is 105 Å². The summed E-state index contributed by atoms with van der Waals surface area (Å²) >= 11 is 12.5. The lowest BCUT2D eigenvalue weighted by molar-refractivity contribution is -0.123. The summed E-state index contributed by atoms with van der Waals surface area (Å²) in [6.07, 6.45) is 0.722. The molecule has 2 amide bonds. The Balaban J connectivity index is 1.64. The van der Waals surface area contributed by atoms with Crippen molar-refractivity contribution < 1.29 is 9.59 Å². The standard InChI is InChI=1S/C24H20Cl2N2O2/c25-16-10-11-19(20(26)14-16)22-21(17-8-4-5-9-18(17)23(29)28-22)24(30)27-13-12-15-6-2-1-3-7-15/h1-11,14,21-22H,12-13H2,(H,27,30)(H,28,29). The van der Waals surface area contributed by atoms with E-state index in [9.17, 15) is 9.59 Å². The second-order valence-electron chi connectivity index (χ2n) is 7.21. The van der Waals surface area contributed by atoms with E-state index in [0.29, 0.717) is 33.3 Å². The Kier molecular flexibility index (Phi) is 6.07. The molecule has 0 radical (unpaired) electrons. The lowest BCUT2D eigenvalue weighted by Crippen LogP contribution is -2.45. The fraction of sp³-hybridized carbons (Fsp3) is 0.167. The van der Waals surface area contributed by atoms with Crippen LogP contribution in [0.2, 0.25) is 10.0 Å². The van der Waals surface area contributed by atoms with E-state index in [2.05, 4.69) is 10.6 Å². The summed E-state index contributed by atoms with van der Waals surface area (Å²) in [7, 11) is 0. The molecule has 0 spiro atoms. The number of rotatable bonds is 5. The van der Waals surface area contributed by atoms with Crippen molar-refractivity contribution in [2.45, 2.75) is 18.4 Å². The van der Waals surface area contributed by atoms with E-state index in [4.69, 9.17) is 23.2 Å². The second-order valence-corrected chi connectivity index (χ2v) is 8.05. The van der Waals surface area contributed by atoms with Crippen molar-refractivity contribution in [3.8, 4) is 0 Å². The Hall–Kier alpha value is -2.82. The van der Waals surface area contributed by atoms with E-state index < -0.39 is 12.0 Å². The number of nitrogens with one attached hydrogen (secondary N) is 2. The van der Waals surface area contributed by atoms with Crippen LogP contribution < -0.4 is 10.6 Å². The average Bonchev–Trinajstić information content (AvgIpc) is 2.74. The maximum Gasteiger partial charge on any atom is 0.252 e. The minimum Gasteiger partial charge on any atom is -0.355 e. The first kappa shape index (κ1) is 20.5. The maximum absolute atomic E-state index is 13.3. The molecule has 0 aliphatic carbocycles. The van der Waals surface area contributed by atoms with E-state index in [1.165, 1.54) is 0 Å². The summed E-state index contributed by atoms with van der Waals surface area (Å²) in [4.78, 5) is 26.0. The van der Waals surface area contributed by atoms with Gasteiger partial charge in [0, 0.05) is 22.2 Å². The molecular weight excluding hydrogens is 419 g/mol. The molecule has 0 saturated carbocycles. The topological polar surface area (TPSA) is 58.2 Å². The zero-order valence-corrected chi connectivity index (χ0v) is 17.6. The highest BCUT2D eigenvalue weighted by Gasteiger charge is 2.39. The Morgan fingerprint density at radius 3 is 2.43 bits per heavy atom. The van der Waals surface area contributed by atoms with Gasteiger partial charge in [0.05, 0.1) is 12.0 Å². The van der Waals surface area contributed by atoms with E-state index in [0.717, 1.165) is 12.0 Å². The minimum atomic E-state index is -0.603. The van der Waals surface area contributed by atoms with Crippen molar-refractivity contribution in [1.82, 2.24) is 10.6 Å². The summed E-state index contributed by atoms with van der Waals surface area (Å²) in [5.74, 6) is -0.988. The first-order chi connectivity index (χ1) is 14.5. The zero-order chi connectivity index (χ0) is 21.1. The predicted molar refractivity (Wildman–Crippen MR) is 119 cm³/mol. The second kappa shape index (κ2) is 8.90. The van der Waals surface area contributed by atoms with Crippen LogP contribution in [0.3, 0.4) is 0 Å². The van der Waals surface area contributed by atoms with Crippen molar-refractivity contribution in [3.63, 3.8) is 0 Å². The average molecular weight is 439 g/mol. The molecule has 152 valence electrons. The Labute approximate surface area is 185 Å². The highest BCUT2D eigenvalue weighted by Crippen LogP contribution is 2.40.